The van der Waals surface area contributed by atoms with Crippen LogP contribution in [0.5, 0.6) is 0 Å². The molecule has 0 radical (unpaired) electrons. The third-order valence-electron chi connectivity index (χ3n) is 4.31. The van der Waals surface area contributed by atoms with Gasteiger partial charge >= 0.3 is 18.0 Å². The van der Waals surface area contributed by atoms with Crippen molar-refractivity contribution in [3.63, 3.8) is 0 Å². The molecule has 0 saturated carbocycles. The van der Waals surface area contributed by atoms with Gasteiger partial charge in [0.05, 0.1) is 6.61 Å². The predicted molar refractivity (Wildman–Crippen MR) is 122 cm³/mol. The van der Waals surface area contributed by atoms with Crippen molar-refractivity contribution in [3.05, 3.63) is 35.9 Å². The second-order valence-electron chi connectivity index (χ2n) is 8.80. The fraction of sp³-hybridized carbons (Fsp3) is 0.583. The van der Waals surface area contributed by atoms with E-state index in [9.17, 15) is 19.2 Å². The Morgan fingerprint density at radius 1 is 1.06 bits per heavy atom. The lowest BCUT2D eigenvalue weighted by atomic mass is 10.0. The van der Waals surface area contributed by atoms with Crippen molar-refractivity contribution in [2.45, 2.75) is 78.7 Å². The fourth-order valence-electron chi connectivity index (χ4n) is 2.73. The van der Waals surface area contributed by atoms with Crippen molar-refractivity contribution in [2.24, 2.45) is 5.92 Å². The van der Waals surface area contributed by atoms with E-state index >= 15 is 0 Å². The molecule has 2 N–H and O–H groups in total. The summed E-state index contributed by atoms with van der Waals surface area (Å²) in [7, 11) is 0. The van der Waals surface area contributed by atoms with Gasteiger partial charge in [0.25, 0.3) is 0 Å². The molecule has 0 saturated heterocycles. The van der Waals surface area contributed by atoms with Crippen LogP contribution in [0.15, 0.2) is 30.3 Å². The van der Waals surface area contributed by atoms with Gasteiger partial charge in [0.15, 0.2) is 1.41 Å². The summed E-state index contributed by atoms with van der Waals surface area (Å²) >= 11 is 0. The maximum absolute atomic E-state index is 13.0. The van der Waals surface area contributed by atoms with Crippen molar-refractivity contribution in [1.29, 1.82) is 0 Å². The Bertz CT molecular complexity index is 824. The summed E-state index contributed by atoms with van der Waals surface area (Å²) in [6.07, 6.45) is -1.19. The Labute approximate surface area is 197 Å². The van der Waals surface area contributed by atoms with Crippen molar-refractivity contribution in [3.8, 4) is 0 Å². The zero-order valence-corrected chi connectivity index (χ0v) is 20.3. The summed E-state index contributed by atoms with van der Waals surface area (Å²) in [4.78, 5) is 49.9. The Morgan fingerprint density at radius 2 is 1.70 bits per heavy atom. The van der Waals surface area contributed by atoms with Gasteiger partial charge in [-0.3, -0.25) is 9.59 Å². The molecule has 0 aromatic heterocycles. The summed E-state index contributed by atoms with van der Waals surface area (Å²) in [5.74, 6) is -2.44. The molecule has 9 nitrogen and oxygen atoms in total. The van der Waals surface area contributed by atoms with Crippen LogP contribution in [-0.2, 0) is 35.2 Å². The van der Waals surface area contributed by atoms with Gasteiger partial charge in [0.1, 0.15) is 24.3 Å². The normalized spacial score (nSPS) is 13.4. The molecule has 0 heterocycles. The number of hydrogen-bond acceptors (Lipinski definition) is 7. The molecule has 9 heteroatoms. The number of alkyl carbamates (subject to hydrolysis) is 1. The zero-order chi connectivity index (χ0) is 25.9. The SMILES string of the molecule is [2H]N(C(=O)OC(C)(C)C)[C@H](C(=O)N[C@@H](CCC(=O)OCc1ccccc1)C(=O)OCC)C(C)C. The first-order chi connectivity index (χ1) is 15.9. The molecular formula is C24H36N2O7. The van der Waals surface area contributed by atoms with E-state index in [1.54, 1.807) is 41.5 Å². The summed E-state index contributed by atoms with van der Waals surface area (Å²) in [5, 5.41) is 2.98. The van der Waals surface area contributed by atoms with Gasteiger partial charge in [0.2, 0.25) is 5.91 Å². The second kappa shape index (κ2) is 13.4. The Morgan fingerprint density at radius 3 is 2.24 bits per heavy atom. The lowest BCUT2D eigenvalue weighted by Gasteiger charge is -2.26. The molecule has 0 aliphatic rings. The quantitative estimate of drug-likeness (QED) is 0.381. The molecule has 0 fully saturated rings. The van der Waals surface area contributed by atoms with E-state index in [2.05, 4.69) is 5.32 Å². The number of carbonyl (C=O) groups excluding carboxylic acids is 4. The van der Waals surface area contributed by atoms with Crippen LogP contribution in [0.1, 0.15) is 59.9 Å². The maximum Gasteiger partial charge on any atom is 0.408 e. The highest BCUT2D eigenvalue weighted by Gasteiger charge is 2.31. The standard InChI is InChI=1S/C24H36N2O7/c1-7-31-22(29)18(13-14-19(27)32-15-17-11-9-8-10-12-17)25-21(28)20(16(2)3)26-23(30)33-24(4,5)6/h8-12,16,18,20H,7,13-15H2,1-6H3,(H,25,28)(H,26,30)/t18-,20-/m0/s1/i/hD. The Kier molecular flexibility index (Phi) is 10.7. The van der Waals surface area contributed by atoms with Gasteiger partial charge in [0, 0.05) is 6.42 Å². The van der Waals surface area contributed by atoms with E-state index in [1.807, 2.05) is 30.3 Å². The number of rotatable bonds is 11. The van der Waals surface area contributed by atoms with Crippen LogP contribution >= 0.6 is 0 Å². The van der Waals surface area contributed by atoms with Crippen molar-refractivity contribution < 1.29 is 34.8 Å². The molecule has 184 valence electrons. The Balaban J connectivity index is 2.82. The molecule has 0 aliphatic heterocycles. The first-order valence-electron chi connectivity index (χ1n) is 11.5. The highest BCUT2D eigenvalue weighted by Crippen LogP contribution is 2.11. The minimum Gasteiger partial charge on any atom is -0.464 e. The van der Waals surface area contributed by atoms with Crippen LogP contribution in [-0.4, -0.2) is 48.2 Å². The third-order valence-corrected chi connectivity index (χ3v) is 4.31. The van der Waals surface area contributed by atoms with E-state index in [0.29, 0.717) is 5.31 Å². The lowest BCUT2D eigenvalue weighted by Crippen LogP contribution is -2.54. The molecule has 1 aromatic rings. The van der Waals surface area contributed by atoms with Crippen LogP contribution in [0.25, 0.3) is 0 Å². The predicted octanol–water partition coefficient (Wildman–Crippen LogP) is 3.11. The number of benzene rings is 1. The van der Waals surface area contributed by atoms with Crippen LogP contribution in [0.2, 0.25) is 1.41 Å². The van der Waals surface area contributed by atoms with Crippen LogP contribution in [0.3, 0.4) is 0 Å². The van der Waals surface area contributed by atoms with Gasteiger partial charge in [-0.15, -0.1) is 0 Å². The average molecular weight is 466 g/mol. The lowest BCUT2D eigenvalue weighted by molar-refractivity contribution is -0.149. The van der Waals surface area contributed by atoms with E-state index in [1.165, 1.54) is 0 Å². The van der Waals surface area contributed by atoms with E-state index in [-0.39, 0.29) is 26.1 Å². The highest BCUT2D eigenvalue weighted by molar-refractivity contribution is 5.90. The molecule has 33 heavy (non-hydrogen) atoms. The van der Waals surface area contributed by atoms with Gasteiger partial charge < -0.3 is 24.8 Å². The molecule has 0 spiro atoms. The molecular weight excluding hydrogens is 428 g/mol. The minimum atomic E-state index is -1.23. The van der Waals surface area contributed by atoms with E-state index in [4.69, 9.17) is 15.6 Å². The number of ether oxygens (including phenoxy) is 3. The first-order valence-corrected chi connectivity index (χ1v) is 11.0. The molecule has 0 aliphatic carbocycles. The summed E-state index contributed by atoms with van der Waals surface area (Å²) in [6, 6.07) is 6.77. The van der Waals surface area contributed by atoms with Crippen molar-refractivity contribution in [2.75, 3.05) is 6.61 Å². The molecule has 1 rings (SSSR count). The first kappa shape index (κ1) is 26.2. The third kappa shape index (κ3) is 11.4. The minimum absolute atomic E-state index is 0.0621. The maximum atomic E-state index is 13.0. The molecule has 2 amide bonds. The van der Waals surface area contributed by atoms with Crippen LogP contribution in [0.4, 0.5) is 4.79 Å². The van der Waals surface area contributed by atoms with Crippen molar-refractivity contribution in [1.82, 2.24) is 10.6 Å². The highest BCUT2D eigenvalue weighted by atomic mass is 16.6. The molecule has 0 bridgehead atoms. The average Bonchev–Trinajstić information content (AvgIpc) is 2.74. The molecule has 2 atom stereocenters. The molecule has 1 aromatic carbocycles. The van der Waals surface area contributed by atoms with Gasteiger partial charge in [-0.2, -0.15) is 0 Å². The number of nitrogens with one attached hydrogen (secondary N) is 2. The summed E-state index contributed by atoms with van der Waals surface area (Å²) < 4.78 is 23.5. The monoisotopic (exact) mass is 465 g/mol. The zero-order valence-electron chi connectivity index (χ0n) is 21.3. The van der Waals surface area contributed by atoms with Gasteiger partial charge in [-0.25, -0.2) is 9.59 Å². The van der Waals surface area contributed by atoms with E-state index < -0.39 is 47.5 Å². The van der Waals surface area contributed by atoms with Crippen LogP contribution in [0, 0.1) is 5.92 Å². The Hall–Kier alpha value is -3.10. The summed E-state index contributed by atoms with van der Waals surface area (Å²) in [6.45, 7) is 10.1. The molecule has 0 unspecified atom stereocenters. The topological polar surface area (TPSA) is 120 Å². The van der Waals surface area contributed by atoms with E-state index in [0.717, 1.165) is 5.56 Å². The summed E-state index contributed by atoms with van der Waals surface area (Å²) in [5.41, 5.74) is -0.0225. The smallest absolute Gasteiger partial charge is 0.408 e. The van der Waals surface area contributed by atoms with Crippen LogP contribution < -0.4 is 10.6 Å². The fourth-order valence-corrected chi connectivity index (χ4v) is 2.73. The van der Waals surface area contributed by atoms with Gasteiger partial charge in [-0.1, -0.05) is 44.2 Å². The number of esters is 2. The largest absolute Gasteiger partial charge is 0.464 e. The van der Waals surface area contributed by atoms with Crippen molar-refractivity contribution >= 4 is 23.9 Å². The number of hydrogen-bond donors (Lipinski definition) is 2. The number of carbonyl (C=O) groups is 4. The van der Waals surface area contributed by atoms with Gasteiger partial charge in [-0.05, 0) is 45.6 Å². The second-order valence-corrected chi connectivity index (χ2v) is 8.80. The number of amides is 2.